The van der Waals surface area contributed by atoms with E-state index in [1.54, 1.807) is 0 Å². The van der Waals surface area contributed by atoms with Crippen LogP contribution >= 0.6 is 0 Å². The molecule has 2 N–H and O–H groups in total. The number of nitrogens with one attached hydrogen (secondary N) is 2. The number of amides is 2. The third-order valence-corrected chi connectivity index (χ3v) is 4.75. The minimum Gasteiger partial charge on any atom is -0.348 e. The van der Waals surface area contributed by atoms with Gasteiger partial charge in [-0.1, -0.05) is 6.07 Å². The molecule has 1 aliphatic carbocycles. The van der Waals surface area contributed by atoms with Gasteiger partial charge in [0.1, 0.15) is 0 Å². The Balaban J connectivity index is 1.81. The Morgan fingerprint density at radius 2 is 2.08 bits per heavy atom. The monoisotopic (exact) mass is 340 g/mol. The predicted molar refractivity (Wildman–Crippen MR) is 95.5 cm³/mol. The summed E-state index contributed by atoms with van der Waals surface area (Å²) >= 11 is 0. The number of nitrogens with zero attached hydrogens (tertiary/aromatic N) is 2. The third-order valence-electron chi connectivity index (χ3n) is 4.75. The molecule has 0 unspecified atom stereocenters. The fourth-order valence-corrected chi connectivity index (χ4v) is 3.24. The summed E-state index contributed by atoms with van der Waals surface area (Å²) in [6.45, 7) is 5.60. The Morgan fingerprint density at radius 3 is 2.80 bits per heavy atom. The lowest BCUT2D eigenvalue weighted by Crippen LogP contribution is -2.38. The van der Waals surface area contributed by atoms with Crippen LogP contribution in [0, 0.1) is 13.8 Å². The second-order valence-electron chi connectivity index (χ2n) is 6.65. The van der Waals surface area contributed by atoms with Crippen molar-refractivity contribution in [2.45, 2.75) is 46.1 Å². The molecule has 1 aromatic heterocycles. The summed E-state index contributed by atoms with van der Waals surface area (Å²) < 4.78 is 1.98. The maximum Gasteiger partial charge on any atom is 0.239 e. The van der Waals surface area contributed by atoms with E-state index in [4.69, 9.17) is 0 Å². The van der Waals surface area contributed by atoms with E-state index in [9.17, 15) is 9.59 Å². The third kappa shape index (κ3) is 3.73. The fourth-order valence-electron chi connectivity index (χ4n) is 3.24. The molecule has 0 saturated carbocycles. The van der Waals surface area contributed by atoms with Crippen molar-refractivity contribution >= 4 is 11.8 Å². The minimum atomic E-state index is -0.206. The van der Waals surface area contributed by atoms with Crippen LogP contribution in [0.25, 0.3) is 5.69 Å². The van der Waals surface area contributed by atoms with Crippen molar-refractivity contribution in [2.75, 3.05) is 6.54 Å². The number of fused-ring (bicyclic) bond motifs is 1. The molecule has 6 nitrogen and oxygen atoms in total. The van der Waals surface area contributed by atoms with Crippen LogP contribution < -0.4 is 10.6 Å². The largest absolute Gasteiger partial charge is 0.348 e. The van der Waals surface area contributed by atoms with E-state index in [1.165, 1.54) is 18.1 Å². The van der Waals surface area contributed by atoms with Crippen LogP contribution in [0.15, 0.2) is 24.4 Å². The van der Waals surface area contributed by atoms with Crippen LogP contribution in [-0.2, 0) is 16.0 Å². The van der Waals surface area contributed by atoms with Crippen molar-refractivity contribution < 1.29 is 9.59 Å². The van der Waals surface area contributed by atoms with Gasteiger partial charge in [0.15, 0.2) is 0 Å². The molecule has 1 aromatic carbocycles. The number of aromatic nitrogens is 2. The molecule has 0 spiro atoms. The first-order valence-corrected chi connectivity index (χ1v) is 8.64. The number of hydrogen-bond donors (Lipinski definition) is 2. The van der Waals surface area contributed by atoms with E-state index < -0.39 is 0 Å². The van der Waals surface area contributed by atoms with Crippen molar-refractivity contribution in [3.63, 3.8) is 0 Å². The normalized spacial score (nSPS) is 16.2. The van der Waals surface area contributed by atoms with Gasteiger partial charge in [-0.3, -0.25) is 9.59 Å². The van der Waals surface area contributed by atoms with Crippen LogP contribution in [-0.4, -0.2) is 28.1 Å². The summed E-state index contributed by atoms with van der Waals surface area (Å²) in [6.07, 6.45) is 4.68. The second-order valence-corrected chi connectivity index (χ2v) is 6.65. The van der Waals surface area contributed by atoms with E-state index in [1.807, 2.05) is 10.9 Å². The van der Waals surface area contributed by atoms with E-state index in [-0.39, 0.29) is 24.4 Å². The van der Waals surface area contributed by atoms with Crippen molar-refractivity contribution in [2.24, 2.45) is 0 Å². The molecule has 2 amide bonds. The smallest absolute Gasteiger partial charge is 0.239 e. The maximum absolute atomic E-state index is 12.0. The molecule has 132 valence electrons. The summed E-state index contributed by atoms with van der Waals surface area (Å²) in [7, 11) is 0. The summed E-state index contributed by atoms with van der Waals surface area (Å²) in [4.78, 5) is 23.0. The Hall–Kier alpha value is -2.63. The van der Waals surface area contributed by atoms with Crippen LogP contribution in [0.2, 0.25) is 0 Å². The highest BCUT2D eigenvalue weighted by atomic mass is 16.2. The predicted octanol–water partition coefficient (Wildman–Crippen LogP) is 2.12. The van der Waals surface area contributed by atoms with Crippen LogP contribution in [0.5, 0.6) is 0 Å². The molecular formula is C19H24N4O2. The number of aryl methyl sites for hydroxylation is 2. The van der Waals surface area contributed by atoms with Gasteiger partial charge in [-0.15, -0.1) is 0 Å². The Bertz CT molecular complexity index is 810. The van der Waals surface area contributed by atoms with E-state index in [2.05, 4.69) is 47.8 Å². The Labute approximate surface area is 147 Å². The van der Waals surface area contributed by atoms with Crippen LogP contribution in [0.3, 0.4) is 0 Å². The van der Waals surface area contributed by atoms with Gasteiger partial charge in [-0.25, -0.2) is 4.68 Å². The van der Waals surface area contributed by atoms with Gasteiger partial charge in [0.2, 0.25) is 11.8 Å². The summed E-state index contributed by atoms with van der Waals surface area (Å²) in [6, 6.07) is 6.27. The molecule has 25 heavy (non-hydrogen) atoms. The van der Waals surface area contributed by atoms with Gasteiger partial charge in [-0.05, 0) is 56.4 Å². The van der Waals surface area contributed by atoms with Gasteiger partial charge in [0.25, 0.3) is 0 Å². The highest BCUT2D eigenvalue weighted by Crippen LogP contribution is 2.31. The van der Waals surface area contributed by atoms with Gasteiger partial charge in [-0.2, -0.15) is 5.10 Å². The minimum absolute atomic E-state index is 0.00641. The standard InChI is InChI=1S/C19H24N4O2/c1-12-7-8-15(9-13(12)2)23-18-6-4-5-17(16(18)10-21-23)22-19(25)11-20-14(3)24/h7-10,17H,4-6,11H2,1-3H3,(H,20,24)(H,22,25)/t17-/m0/s1. The molecule has 3 rings (SSSR count). The Kier molecular flexibility index (Phi) is 4.88. The number of carbonyl (C=O) groups is 2. The lowest BCUT2D eigenvalue weighted by atomic mass is 9.92. The summed E-state index contributed by atoms with van der Waals surface area (Å²) in [5.74, 6) is -0.381. The SMILES string of the molecule is CC(=O)NCC(=O)N[C@H]1CCCc2c1cnn2-c1ccc(C)c(C)c1. The zero-order valence-electron chi connectivity index (χ0n) is 14.9. The molecule has 0 aliphatic heterocycles. The van der Waals surface area contributed by atoms with E-state index in [0.717, 1.165) is 36.2 Å². The van der Waals surface area contributed by atoms with E-state index >= 15 is 0 Å². The number of benzene rings is 1. The molecule has 1 aliphatic rings. The van der Waals surface area contributed by atoms with Crippen molar-refractivity contribution in [1.82, 2.24) is 20.4 Å². The second kappa shape index (κ2) is 7.09. The van der Waals surface area contributed by atoms with Gasteiger partial charge >= 0.3 is 0 Å². The van der Waals surface area contributed by atoms with Crippen molar-refractivity contribution in [1.29, 1.82) is 0 Å². The molecule has 0 saturated heterocycles. The molecule has 1 atom stereocenters. The average Bonchev–Trinajstić information content (AvgIpc) is 3.01. The van der Waals surface area contributed by atoms with Gasteiger partial charge < -0.3 is 10.6 Å². The van der Waals surface area contributed by atoms with E-state index in [0.29, 0.717) is 0 Å². The number of hydrogen-bond acceptors (Lipinski definition) is 3. The van der Waals surface area contributed by atoms with Crippen LogP contribution in [0.4, 0.5) is 0 Å². The molecule has 0 bridgehead atoms. The zero-order chi connectivity index (χ0) is 18.0. The average molecular weight is 340 g/mol. The number of rotatable bonds is 4. The lowest BCUT2D eigenvalue weighted by Gasteiger charge is -2.24. The quantitative estimate of drug-likeness (QED) is 0.895. The van der Waals surface area contributed by atoms with Gasteiger partial charge in [0.05, 0.1) is 24.5 Å². The van der Waals surface area contributed by atoms with Crippen LogP contribution in [0.1, 0.15) is 48.2 Å². The Morgan fingerprint density at radius 1 is 1.28 bits per heavy atom. The molecule has 6 heteroatoms. The summed E-state index contributed by atoms with van der Waals surface area (Å²) in [5.41, 5.74) is 5.76. The topological polar surface area (TPSA) is 76.0 Å². The molecular weight excluding hydrogens is 316 g/mol. The summed E-state index contributed by atoms with van der Waals surface area (Å²) in [5, 5.41) is 10.1. The lowest BCUT2D eigenvalue weighted by molar-refractivity contribution is -0.125. The van der Waals surface area contributed by atoms with Crippen molar-refractivity contribution in [3.05, 3.63) is 46.8 Å². The van der Waals surface area contributed by atoms with Gasteiger partial charge in [0, 0.05) is 18.2 Å². The highest BCUT2D eigenvalue weighted by molar-refractivity contribution is 5.83. The molecule has 0 fully saturated rings. The zero-order valence-corrected chi connectivity index (χ0v) is 14.9. The number of carbonyl (C=O) groups excluding carboxylic acids is 2. The fraction of sp³-hybridized carbons (Fsp3) is 0.421. The highest BCUT2D eigenvalue weighted by Gasteiger charge is 2.26. The molecule has 1 heterocycles. The van der Waals surface area contributed by atoms with Crippen molar-refractivity contribution in [3.8, 4) is 5.69 Å². The molecule has 0 radical (unpaired) electrons. The first-order valence-electron chi connectivity index (χ1n) is 8.64. The molecule has 2 aromatic rings. The first-order chi connectivity index (χ1) is 12.0. The maximum atomic E-state index is 12.0. The first kappa shape index (κ1) is 17.2.